The molecule has 0 N–H and O–H groups in total. The number of benzene rings is 3. The first-order chi connectivity index (χ1) is 14.2. The molecule has 0 aromatic heterocycles. The van der Waals surface area contributed by atoms with Gasteiger partial charge in [0, 0.05) is 18.1 Å². The number of ether oxygens (including phenoxy) is 1. The van der Waals surface area contributed by atoms with Crippen LogP contribution < -0.4 is 4.74 Å². The van der Waals surface area contributed by atoms with Crippen molar-refractivity contribution in [2.24, 2.45) is 10.2 Å². The van der Waals surface area contributed by atoms with Crippen molar-refractivity contribution < 1.29 is 14.3 Å². The van der Waals surface area contributed by atoms with Gasteiger partial charge in [0.25, 0.3) is 0 Å². The van der Waals surface area contributed by atoms with Crippen LogP contribution in [0.5, 0.6) is 5.75 Å². The molecule has 0 spiro atoms. The van der Waals surface area contributed by atoms with Gasteiger partial charge in [-0.05, 0) is 41.3 Å². The van der Waals surface area contributed by atoms with Crippen LogP contribution in [0.3, 0.4) is 0 Å². The van der Waals surface area contributed by atoms with E-state index in [1.165, 1.54) is 6.92 Å². The molecule has 0 aliphatic rings. The molecule has 3 rings (SSSR count). The zero-order valence-electron chi connectivity index (χ0n) is 17.5. The van der Waals surface area contributed by atoms with E-state index in [0.29, 0.717) is 22.5 Å². The van der Waals surface area contributed by atoms with Gasteiger partial charge in [0.2, 0.25) is 0 Å². The lowest BCUT2D eigenvalue weighted by Gasteiger charge is -2.19. The first-order valence-electron chi connectivity index (χ1n) is 9.68. The minimum Gasteiger partial charge on any atom is -0.424 e. The third-order valence-corrected chi connectivity index (χ3v) is 4.52. The van der Waals surface area contributed by atoms with Crippen LogP contribution in [-0.4, -0.2) is 11.8 Å². The number of ketones is 1. The Labute approximate surface area is 176 Å². The number of esters is 1. The molecule has 5 heteroatoms. The molecule has 152 valence electrons. The van der Waals surface area contributed by atoms with E-state index >= 15 is 0 Å². The van der Waals surface area contributed by atoms with Crippen molar-refractivity contribution in [3.8, 4) is 5.75 Å². The lowest BCUT2D eigenvalue weighted by atomic mass is 9.86. The first-order valence-corrected chi connectivity index (χ1v) is 9.68. The maximum absolute atomic E-state index is 13.0. The van der Waals surface area contributed by atoms with Gasteiger partial charge in [-0.25, -0.2) is 0 Å². The Kier molecular flexibility index (Phi) is 6.21. The van der Waals surface area contributed by atoms with Crippen molar-refractivity contribution in [2.45, 2.75) is 33.1 Å². The normalized spacial score (nSPS) is 11.5. The highest BCUT2D eigenvalue weighted by molar-refractivity contribution is 6.09. The maximum atomic E-state index is 13.0. The summed E-state index contributed by atoms with van der Waals surface area (Å²) in [7, 11) is 0. The van der Waals surface area contributed by atoms with Crippen molar-refractivity contribution >= 4 is 23.1 Å². The van der Waals surface area contributed by atoms with Crippen LogP contribution in [0, 0.1) is 0 Å². The molecule has 0 saturated carbocycles. The van der Waals surface area contributed by atoms with E-state index in [2.05, 4.69) is 31.0 Å². The van der Waals surface area contributed by atoms with Gasteiger partial charge in [-0.2, -0.15) is 5.11 Å². The van der Waals surface area contributed by atoms with E-state index in [1.54, 1.807) is 30.3 Å². The van der Waals surface area contributed by atoms with E-state index in [-0.39, 0.29) is 16.9 Å². The Bertz CT molecular complexity index is 1080. The standard InChI is InChI=1S/C25H24N2O3/c1-17(28)30-23-15-12-19(16-22(23)27-26-21-8-6-5-7-9-21)24(29)18-10-13-20(14-11-18)25(2,3)4/h5-16H,1-4H3. The van der Waals surface area contributed by atoms with Crippen LogP contribution in [0.25, 0.3) is 0 Å². The van der Waals surface area contributed by atoms with Crippen LogP contribution in [0.15, 0.2) is 83.0 Å². The molecular formula is C25H24N2O3. The Morgan fingerprint density at radius 3 is 2.03 bits per heavy atom. The lowest BCUT2D eigenvalue weighted by Crippen LogP contribution is -2.11. The van der Waals surface area contributed by atoms with Crippen molar-refractivity contribution in [1.29, 1.82) is 0 Å². The highest BCUT2D eigenvalue weighted by atomic mass is 16.5. The van der Waals surface area contributed by atoms with Crippen molar-refractivity contribution in [3.63, 3.8) is 0 Å². The van der Waals surface area contributed by atoms with E-state index in [1.807, 2.05) is 42.5 Å². The predicted molar refractivity (Wildman–Crippen MR) is 117 cm³/mol. The molecule has 0 bridgehead atoms. The Morgan fingerprint density at radius 1 is 0.800 bits per heavy atom. The fraction of sp³-hybridized carbons (Fsp3) is 0.200. The second-order valence-electron chi connectivity index (χ2n) is 7.97. The van der Waals surface area contributed by atoms with Gasteiger partial charge in [-0.15, -0.1) is 5.11 Å². The second kappa shape index (κ2) is 8.82. The molecule has 30 heavy (non-hydrogen) atoms. The number of nitrogens with zero attached hydrogens (tertiary/aromatic N) is 2. The van der Waals surface area contributed by atoms with Crippen LogP contribution in [0.1, 0.15) is 49.2 Å². The zero-order chi connectivity index (χ0) is 21.7. The molecule has 0 saturated heterocycles. The third kappa shape index (κ3) is 5.26. The lowest BCUT2D eigenvalue weighted by molar-refractivity contribution is -0.131. The van der Waals surface area contributed by atoms with E-state index in [9.17, 15) is 9.59 Å². The highest BCUT2D eigenvalue weighted by Crippen LogP contribution is 2.32. The van der Waals surface area contributed by atoms with Gasteiger partial charge in [0.15, 0.2) is 11.5 Å². The number of carbonyl (C=O) groups is 2. The topological polar surface area (TPSA) is 68.1 Å². The quantitative estimate of drug-likeness (QED) is 0.211. The van der Waals surface area contributed by atoms with Crippen LogP contribution in [0.4, 0.5) is 11.4 Å². The molecule has 0 unspecified atom stereocenters. The largest absolute Gasteiger partial charge is 0.424 e. The Hall–Kier alpha value is -3.60. The molecule has 0 aliphatic heterocycles. The highest BCUT2D eigenvalue weighted by Gasteiger charge is 2.17. The second-order valence-corrected chi connectivity index (χ2v) is 7.97. The summed E-state index contributed by atoms with van der Waals surface area (Å²) in [4.78, 5) is 24.4. The average Bonchev–Trinajstić information content (AvgIpc) is 2.72. The number of hydrogen-bond acceptors (Lipinski definition) is 5. The monoisotopic (exact) mass is 400 g/mol. The summed E-state index contributed by atoms with van der Waals surface area (Å²) in [6.45, 7) is 7.69. The smallest absolute Gasteiger partial charge is 0.308 e. The van der Waals surface area contributed by atoms with Crippen molar-refractivity contribution in [1.82, 2.24) is 0 Å². The molecule has 0 aliphatic carbocycles. The zero-order valence-corrected chi connectivity index (χ0v) is 17.5. The molecule has 5 nitrogen and oxygen atoms in total. The summed E-state index contributed by atoms with van der Waals surface area (Å²) in [5.41, 5.74) is 3.15. The molecule has 3 aromatic carbocycles. The summed E-state index contributed by atoms with van der Waals surface area (Å²) in [5.74, 6) is -0.356. The fourth-order valence-electron chi connectivity index (χ4n) is 2.87. The summed E-state index contributed by atoms with van der Waals surface area (Å²) in [6, 6.07) is 21.6. The van der Waals surface area contributed by atoms with E-state index < -0.39 is 5.97 Å². The van der Waals surface area contributed by atoms with E-state index in [4.69, 9.17) is 4.74 Å². The Balaban J connectivity index is 1.94. The van der Waals surface area contributed by atoms with Gasteiger partial charge < -0.3 is 4.74 Å². The van der Waals surface area contributed by atoms with E-state index in [0.717, 1.165) is 5.56 Å². The summed E-state index contributed by atoms with van der Waals surface area (Å²) >= 11 is 0. The van der Waals surface area contributed by atoms with Gasteiger partial charge in [-0.3, -0.25) is 9.59 Å². The fourth-order valence-corrected chi connectivity index (χ4v) is 2.87. The Morgan fingerprint density at radius 2 is 1.43 bits per heavy atom. The predicted octanol–water partition coefficient (Wildman–Crippen LogP) is 6.56. The molecule has 0 amide bonds. The molecule has 0 radical (unpaired) electrons. The van der Waals surface area contributed by atoms with Gasteiger partial charge >= 0.3 is 5.97 Å². The maximum Gasteiger partial charge on any atom is 0.308 e. The van der Waals surface area contributed by atoms with Crippen LogP contribution >= 0.6 is 0 Å². The van der Waals surface area contributed by atoms with Crippen molar-refractivity contribution in [3.05, 3.63) is 89.5 Å². The third-order valence-electron chi connectivity index (χ3n) is 4.52. The number of hydrogen-bond donors (Lipinski definition) is 0. The summed E-state index contributed by atoms with van der Waals surface area (Å²) in [6.07, 6.45) is 0. The molecule has 0 heterocycles. The van der Waals surface area contributed by atoms with Crippen LogP contribution in [0.2, 0.25) is 0 Å². The van der Waals surface area contributed by atoms with Crippen molar-refractivity contribution in [2.75, 3.05) is 0 Å². The summed E-state index contributed by atoms with van der Waals surface area (Å²) < 4.78 is 5.22. The number of carbonyl (C=O) groups excluding carboxylic acids is 2. The molecule has 0 fully saturated rings. The minimum absolute atomic E-state index is 0.0121. The van der Waals surface area contributed by atoms with Crippen LogP contribution in [-0.2, 0) is 10.2 Å². The van der Waals surface area contributed by atoms with Gasteiger partial charge in [-0.1, -0.05) is 63.2 Å². The molecule has 3 aromatic rings. The average molecular weight is 400 g/mol. The summed E-state index contributed by atoms with van der Waals surface area (Å²) in [5, 5.41) is 8.39. The minimum atomic E-state index is -0.469. The molecular weight excluding hydrogens is 376 g/mol. The van der Waals surface area contributed by atoms with Gasteiger partial charge in [0.05, 0.1) is 5.69 Å². The molecule has 0 atom stereocenters. The number of rotatable bonds is 5. The number of azo groups is 1. The SMILES string of the molecule is CC(=O)Oc1ccc(C(=O)c2ccc(C(C)(C)C)cc2)cc1N=Nc1ccccc1. The van der Waals surface area contributed by atoms with Gasteiger partial charge in [0.1, 0.15) is 5.69 Å². The first kappa shape index (κ1) is 21.1.